The van der Waals surface area contributed by atoms with Gasteiger partial charge in [-0.15, -0.1) is 0 Å². The maximum atomic E-state index is 6.04. The Morgan fingerprint density at radius 2 is 2.21 bits per heavy atom. The van der Waals surface area contributed by atoms with Crippen molar-refractivity contribution in [3.05, 3.63) is 34.3 Å². The molecule has 0 saturated carbocycles. The highest BCUT2D eigenvalue weighted by Gasteiger charge is 2.33. The van der Waals surface area contributed by atoms with Gasteiger partial charge in [-0.3, -0.25) is 4.90 Å². The summed E-state index contributed by atoms with van der Waals surface area (Å²) in [6.45, 7) is 5.69. The fraction of sp³-hybridized carbons (Fsp3) is 0.625. The molecule has 19 heavy (non-hydrogen) atoms. The molecule has 1 aromatic rings. The van der Waals surface area contributed by atoms with Gasteiger partial charge in [0.25, 0.3) is 0 Å². The normalized spacial score (nSPS) is 28.1. The van der Waals surface area contributed by atoms with Crippen LogP contribution in [-0.2, 0) is 6.54 Å². The summed E-state index contributed by atoms with van der Waals surface area (Å²) in [5.41, 5.74) is 2.74. The lowest BCUT2D eigenvalue weighted by Gasteiger charge is -2.30. The third-order valence-corrected chi connectivity index (χ3v) is 4.89. The number of nitrogens with one attached hydrogen (secondary N) is 1. The van der Waals surface area contributed by atoms with Gasteiger partial charge < -0.3 is 5.32 Å². The molecule has 0 spiro atoms. The molecule has 2 aliphatic rings. The van der Waals surface area contributed by atoms with Crippen molar-refractivity contribution in [2.24, 2.45) is 0 Å². The zero-order chi connectivity index (χ0) is 13.2. The highest BCUT2D eigenvalue weighted by Crippen LogP contribution is 2.27. The number of hydrogen-bond acceptors (Lipinski definition) is 2. The molecule has 2 aliphatic heterocycles. The van der Waals surface area contributed by atoms with Gasteiger partial charge in [-0.05, 0) is 69.0 Å². The molecule has 0 radical (unpaired) electrons. The zero-order valence-electron chi connectivity index (χ0n) is 11.7. The molecular weight excluding hydrogens is 256 g/mol. The van der Waals surface area contributed by atoms with E-state index < -0.39 is 0 Å². The highest BCUT2D eigenvalue weighted by atomic mass is 35.5. The van der Waals surface area contributed by atoms with Gasteiger partial charge in [0.1, 0.15) is 0 Å². The molecule has 1 aromatic carbocycles. The fourth-order valence-corrected chi connectivity index (χ4v) is 3.83. The molecule has 0 aliphatic carbocycles. The first-order valence-corrected chi connectivity index (χ1v) is 7.84. The van der Waals surface area contributed by atoms with Crippen LogP contribution >= 0.6 is 11.6 Å². The van der Waals surface area contributed by atoms with E-state index in [-0.39, 0.29) is 0 Å². The van der Waals surface area contributed by atoms with Gasteiger partial charge in [-0.2, -0.15) is 0 Å². The van der Waals surface area contributed by atoms with E-state index in [1.807, 2.05) is 6.07 Å². The first kappa shape index (κ1) is 13.4. The molecule has 0 amide bonds. The third-order valence-electron chi connectivity index (χ3n) is 4.66. The van der Waals surface area contributed by atoms with Gasteiger partial charge in [0.05, 0.1) is 0 Å². The van der Waals surface area contributed by atoms with Gasteiger partial charge in [0.15, 0.2) is 0 Å². The molecule has 3 heteroatoms. The van der Waals surface area contributed by atoms with Crippen molar-refractivity contribution < 1.29 is 0 Å². The van der Waals surface area contributed by atoms with E-state index in [1.54, 1.807) is 0 Å². The average molecular weight is 279 g/mol. The second kappa shape index (κ2) is 5.82. The summed E-state index contributed by atoms with van der Waals surface area (Å²) >= 11 is 6.04. The van der Waals surface area contributed by atoms with Crippen LogP contribution in [0.1, 0.15) is 36.8 Å². The number of hydrogen-bond donors (Lipinski definition) is 1. The van der Waals surface area contributed by atoms with Crippen molar-refractivity contribution in [3.63, 3.8) is 0 Å². The fourth-order valence-electron chi connectivity index (χ4n) is 3.60. The molecule has 2 heterocycles. The first-order valence-electron chi connectivity index (χ1n) is 7.46. The van der Waals surface area contributed by atoms with Crippen molar-refractivity contribution in [1.29, 1.82) is 0 Å². The van der Waals surface area contributed by atoms with E-state index in [1.165, 1.54) is 49.9 Å². The van der Waals surface area contributed by atoms with E-state index in [0.29, 0.717) is 0 Å². The Balaban J connectivity index is 1.70. The minimum absolute atomic E-state index is 0.718. The number of aryl methyl sites for hydroxylation is 1. The van der Waals surface area contributed by atoms with Crippen LogP contribution in [0.4, 0.5) is 0 Å². The van der Waals surface area contributed by atoms with Crippen LogP contribution in [0, 0.1) is 6.92 Å². The van der Waals surface area contributed by atoms with E-state index in [2.05, 4.69) is 29.3 Å². The molecule has 2 nitrogen and oxygen atoms in total. The maximum absolute atomic E-state index is 6.04. The zero-order valence-corrected chi connectivity index (χ0v) is 12.4. The number of likely N-dealkylation sites (tertiary alicyclic amines) is 1. The molecule has 0 bridgehead atoms. The molecule has 2 fully saturated rings. The Morgan fingerprint density at radius 3 is 2.95 bits per heavy atom. The molecule has 104 valence electrons. The van der Waals surface area contributed by atoms with E-state index in [4.69, 9.17) is 11.6 Å². The second-order valence-corrected chi connectivity index (χ2v) is 6.39. The molecule has 1 N–H and O–H groups in total. The summed E-state index contributed by atoms with van der Waals surface area (Å²) < 4.78 is 0. The van der Waals surface area contributed by atoms with Gasteiger partial charge in [-0.25, -0.2) is 0 Å². The summed E-state index contributed by atoms with van der Waals surface area (Å²) in [5.74, 6) is 0. The van der Waals surface area contributed by atoms with Crippen molar-refractivity contribution in [2.45, 2.75) is 51.2 Å². The topological polar surface area (TPSA) is 15.3 Å². The number of halogens is 1. The Morgan fingerprint density at radius 1 is 1.32 bits per heavy atom. The smallest absolute Gasteiger partial charge is 0.0408 e. The Hall–Kier alpha value is -0.570. The van der Waals surface area contributed by atoms with Gasteiger partial charge in [0, 0.05) is 23.7 Å². The van der Waals surface area contributed by atoms with Crippen molar-refractivity contribution in [1.82, 2.24) is 10.2 Å². The predicted octanol–water partition coefficient (Wildman–Crippen LogP) is 3.36. The largest absolute Gasteiger partial charge is 0.312 e. The lowest BCUT2D eigenvalue weighted by atomic mass is 10.0. The number of rotatable bonds is 3. The van der Waals surface area contributed by atoms with Gasteiger partial charge >= 0.3 is 0 Å². The van der Waals surface area contributed by atoms with Crippen LogP contribution in [0.5, 0.6) is 0 Å². The summed E-state index contributed by atoms with van der Waals surface area (Å²) in [7, 11) is 0. The van der Waals surface area contributed by atoms with Crippen LogP contribution in [0.3, 0.4) is 0 Å². The van der Waals surface area contributed by atoms with Crippen molar-refractivity contribution in [2.75, 3.05) is 13.1 Å². The SMILES string of the molecule is Cc1cc(Cl)ccc1CN1CCCC1C1CCCN1. The van der Waals surface area contributed by atoms with E-state index >= 15 is 0 Å². The molecular formula is C16H23ClN2. The van der Waals surface area contributed by atoms with Crippen LogP contribution in [0.15, 0.2) is 18.2 Å². The van der Waals surface area contributed by atoms with Crippen molar-refractivity contribution >= 4 is 11.6 Å². The molecule has 2 atom stereocenters. The number of benzene rings is 1. The quantitative estimate of drug-likeness (QED) is 0.912. The van der Waals surface area contributed by atoms with Crippen LogP contribution in [0.25, 0.3) is 0 Å². The molecule has 2 unspecified atom stereocenters. The molecule has 0 aromatic heterocycles. The minimum Gasteiger partial charge on any atom is -0.312 e. The predicted molar refractivity (Wildman–Crippen MR) is 80.6 cm³/mol. The Kier molecular flexibility index (Phi) is 4.11. The van der Waals surface area contributed by atoms with Crippen LogP contribution < -0.4 is 5.32 Å². The standard InChI is InChI=1S/C16H23ClN2/c1-12-10-14(17)7-6-13(12)11-19-9-3-5-16(19)15-4-2-8-18-15/h6-7,10,15-16,18H,2-5,8-9,11H2,1H3. The van der Waals surface area contributed by atoms with E-state index in [9.17, 15) is 0 Å². The van der Waals surface area contributed by atoms with Crippen LogP contribution in [0.2, 0.25) is 5.02 Å². The average Bonchev–Trinajstić information content (AvgIpc) is 3.03. The molecule has 2 saturated heterocycles. The Bertz CT molecular complexity index is 440. The Labute approximate surface area is 121 Å². The highest BCUT2D eigenvalue weighted by molar-refractivity contribution is 6.30. The summed E-state index contributed by atoms with van der Waals surface area (Å²) in [5, 5.41) is 4.52. The summed E-state index contributed by atoms with van der Waals surface area (Å²) in [4.78, 5) is 2.67. The third kappa shape index (κ3) is 2.96. The maximum Gasteiger partial charge on any atom is 0.0408 e. The molecule has 3 rings (SSSR count). The monoisotopic (exact) mass is 278 g/mol. The van der Waals surface area contributed by atoms with E-state index in [0.717, 1.165) is 23.7 Å². The summed E-state index contributed by atoms with van der Waals surface area (Å²) in [6.07, 6.45) is 5.38. The first-order chi connectivity index (χ1) is 9.24. The lowest BCUT2D eigenvalue weighted by Crippen LogP contribution is -2.43. The number of nitrogens with zero attached hydrogens (tertiary/aromatic N) is 1. The van der Waals surface area contributed by atoms with Crippen LogP contribution in [-0.4, -0.2) is 30.1 Å². The van der Waals surface area contributed by atoms with Gasteiger partial charge in [0.2, 0.25) is 0 Å². The van der Waals surface area contributed by atoms with Gasteiger partial charge in [-0.1, -0.05) is 17.7 Å². The lowest BCUT2D eigenvalue weighted by molar-refractivity contribution is 0.206. The second-order valence-electron chi connectivity index (χ2n) is 5.95. The minimum atomic E-state index is 0.718. The van der Waals surface area contributed by atoms with Crippen molar-refractivity contribution in [3.8, 4) is 0 Å². The summed E-state index contributed by atoms with van der Waals surface area (Å²) in [6, 6.07) is 7.74.